The fourth-order valence-electron chi connectivity index (χ4n) is 4.60. The molecule has 4 rings (SSSR count). The molecule has 0 aliphatic carbocycles. The van der Waals surface area contributed by atoms with Gasteiger partial charge in [0.05, 0.1) is 13.2 Å². The fraction of sp³-hybridized carbons (Fsp3) is 0.458. The Morgan fingerprint density at radius 1 is 1.20 bits per heavy atom. The smallest absolute Gasteiger partial charge is 0.126 e. The van der Waals surface area contributed by atoms with Gasteiger partial charge in [-0.25, -0.2) is 0 Å². The van der Waals surface area contributed by atoms with Crippen LogP contribution >= 0.6 is 15.9 Å². The number of amidine groups is 1. The number of methoxy groups -OCH3 is 1. The molecule has 2 saturated heterocycles. The maximum Gasteiger partial charge on any atom is 0.126 e. The first-order chi connectivity index (χ1) is 14.4. The van der Waals surface area contributed by atoms with E-state index in [0.717, 1.165) is 46.5 Å². The molecule has 2 heterocycles. The van der Waals surface area contributed by atoms with Gasteiger partial charge in [-0.1, -0.05) is 22.0 Å². The van der Waals surface area contributed by atoms with Gasteiger partial charge in [-0.05, 0) is 74.7 Å². The van der Waals surface area contributed by atoms with Crippen molar-refractivity contribution in [2.75, 3.05) is 38.2 Å². The van der Waals surface area contributed by atoms with Gasteiger partial charge in [0.25, 0.3) is 0 Å². The molecule has 0 amide bonds. The van der Waals surface area contributed by atoms with Crippen molar-refractivity contribution < 1.29 is 4.74 Å². The molecule has 30 heavy (non-hydrogen) atoms. The van der Waals surface area contributed by atoms with Crippen LogP contribution in [0.25, 0.3) is 0 Å². The average Bonchev–Trinajstić information content (AvgIpc) is 3.21. The highest BCUT2D eigenvalue weighted by Crippen LogP contribution is 2.29. The molecule has 0 aromatic heterocycles. The van der Waals surface area contributed by atoms with E-state index >= 15 is 0 Å². The number of benzene rings is 2. The van der Waals surface area contributed by atoms with Crippen LogP contribution in [0.5, 0.6) is 5.75 Å². The highest BCUT2D eigenvalue weighted by Gasteiger charge is 2.30. The van der Waals surface area contributed by atoms with Crippen LogP contribution in [0.1, 0.15) is 42.5 Å². The lowest BCUT2D eigenvalue weighted by Gasteiger charge is -2.39. The molecule has 2 aromatic rings. The monoisotopic (exact) mass is 470 g/mol. The predicted molar refractivity (Wildman–Crippen MR) is 128 cm³/mol. The van der Waals surface area contributed by atoms with E-state index in [1.807, 2.05) is 12.1 Å². The van der Waals surface area contributed by atoms with Gasteiger partial charge >= 0.3 is 0 Å². The van der Waals surface area contributed by atoms with Crippen molar-refractivity contribution in [1.82, 2.24) is 4.90 Å². The van der Waals surface area contributed by atoms with Gasteiger partial charge in [0.15, 0.2) is 0 Å². The lowest BCUT2D eigenvalue weighted by atomic mass is 10.0. The first-order valence-corrected chi connectivity index (χ1v) is 11.5. The van der Waals surface area contributed by atoms with E-state index < -0.39 is 0 Å². The number of fused-ring (bicyclic) bond motifs is 1. The van der Waals surface area contributed by atoms with Crippen molar-refractivity contribution in [1.29, 1.82) is 0 Å². The molecule has 2 atom stereocenters. The first-order valence-electron chi connectivity index (χ1n) is 10.7. The van der Waals surface area contributed by atoms with Crippen LogP contribution in [0.15, 0.2) is 45.9 Å². The van der Waals surface area contributed by atoms with Crippen LogP contribution < -0.4 is 15.4 Å². The second-order valence-corrected chi connectivity index (χ2v) is 9.31. The molecule has 0 saturated carbocycles. The highest BCUT2D eigenvalue weighted by molar-refractivity contribution is 9.10. The van der Waals surface area contributed by atoms with Crippen molar-refractivity contribution in [2.45, 2.75) is 38.8 Å². The minimum atomic E-state index is -0.0681. The third-order valence-electron chi connectivity index (χ3n) is 6.39. The molecule has 2 aliphatic rings. The first kappa shape index (κ1) is 21.2. The number of anilines is 1. The van der Waals surface area contributed by atoms with Crippen molar-refractivity contribution >= 4 is 27.5 Å². The summed E-state index contributed by atoms with van der Waals surface area (Å²) in [6.45, 7) is 8.75. The van der Waals surface area contributed by atoms with Gasteiger partial charge in [-0.15, -0.1) is 0 Å². The van der Waals surface area contributed by atoms with Gasteiger partial charge in [-0.3, -0.25) is 9.89 Å². The molecule has 2 aliphatic heterocycles. The SMILES string of the molecule is COc1cc(Br)cc(C(C)N=C(N)c2cc(N3CCN4CCCC4C3)ccc2C)c1. The molecule has 2 N–H and O–H groups in total. The van der Waals surface area contributed by atoms with Crippen LogP contribution in [0.4, 0.5) is 5.69 Å². The second-order valence-electron chi connectivity index (χ2n) is 8.39. The van der Waals surface area contributed by atoms with Gasteiger partial charge in [0.2, 0.25) is 0 Å². The number of nitrogens with zero attached hydrogens (tertiary/aromatic N) is 3. The Hall–Kier alpha value is -2.05. The number of aryl methyl sites for hydroxylation is 1. The van der Waals surface area contributed by atoms with Crippen LogP contribution in [0.2, 0.25) is 0 Å². The lowest BCUT2D eigenvalue weighted by molar-refractivity contribution is 0.231. The molecule has 5 nitrogen and oxygen atoms in total. The van der Waals surface area contributed by atoms with Crippen molar-refractivity contribution in [2.24, 2.45) is 10.7 Å². The zero-order valence-electron chi connectivity index (χ0n) is 18.1. The normalized spacial score (nSPS) is 20.9. The summed E-state index contributed by atoms with van der Waals surface area (Å²) in [7, 11) is 1.67. The van der Waals surface area contributed by atoms with E-state index in [0.29, 0.717) is 11.9 Å². The third-order valence-corrected chi connectivity index (χ3v) is 6.85. The highest BCUT2D eigenvalue weighted by atomic mass is 79.9. The standard InChI is InChI=1S/C24H31BrN4O/c1-16-6-7-20(29-10-9-28-8-4-5-21(28)15-29)14-23(16)24(26)27-17(2)18-11-19(25)13-22(12-18)30-3/h6-7,11-14,17,21H,4-5,8-10,15H2,1-3H3,(H2,26,27). The number of hydrogen-bond acceptors (Lipinski definition) is 4. The molecular formula is C24H31BrN4O. The molecule has 2 fully saturated rings. The number of nitrogens with two attached hydrogens (primary N) is 1. The predicted octanol–water partition coefficient (Wildman–Crippen LogP) is 4.52. The second kappa shape index (κ2) is 8.98. The molecule has 2 unspecified atom stereocenters. The number of ether oxygens (including phenoxy) is 1. The molecule has 0 spiro atoms. The topological polar surface area (TPSA) is 54.1 Å². The van der Waals surface area contributed by atoms with Gasteiger partial charge in [0, 0.05) is 41.4 Å². The van der Waals surface area contributed by atoms with Gasteiger partial charge in [-0.2, -0.15) is 0 Å². The van der Waals surface area contributed by atoms with E-state index in [4.69, 9.17) is 15.5 Å². The Morgan fingerprint density at radius 2 is 2.03 bits per heavy atom. The van der Waals surface area contributed by atoms with Crippen molar-refractivity contribution in [3.63, 3.8) is 0 Å². The fourth-order valence-corrected chi connectivity index (χ4v) is 5.09. The minimum absolute atomic E-state index is 0.0681. The summed E-state index contributed by atoms with van der Waals surface area (Å²) >= 11 is 3.55. The van der Waals surface area contributed by atoms with Crippen LogP contribution in [-0.4, -0.2) is 50.1 Å². The number of aliphatic imine (C=N–C) groups is 1. The summed E-state index contributed by atoms with van der Waals surface area (Å²) in [4.78, 5) is 9.97. The molecule has 6 heteroatoms. The Kier molecular flexibility index (Phi) is 6.34. The molecule has 2 aromatic carbocycles. The summed E-state index contributed by atoms with van der Waals surface area (Å²) in [5.41, 5.74) is 11.0. The zero-order valence-corrected chi connectivity index (χ0v) is 19.7. The average molecular weight is 471 g/mol. The van der Waals surface area contributed by atoms with E-state index in [-0.39, 0.29) is 6.04 Å². The molecular weight excluding hydrogens is 440 g/mol. The lowest BCUT2D eigenvalue weighted by Crippen LogP contribution is -2.50. The maximum atomic E-state index is 6.51. The van der Waals surface area contributed by atoms with E-state index in [2.05, 4.69) is 63.8 Å². The van der Waals surface area contributed by atoms with E-state index in [1.54, 1.807) is 7.11 Å². The Morgan fingerprint density at radius 3 is 2.83 bits per heavy atom. The summed E-state index contributed by atoms with van der Waals surface area (Å²) < 4.78 is 6.36. The molecule has 0 radical (unpaired) electrons. The van der Waals surface area contributed by atoms with Gasteiger partial charge < -0.3 is 15.4 Å². The van der Waals surface area contributed by atoms with E-state index in [9.17, 15) is 0 Å². The summed E-state index contributed by atoms with van der Waals surface area (Å²) in [6.07, 6.45) is 2.64. The Balaban J connectivity index is 1.57. The minimum Gasteiger partial charge on any atom is -0.497 e. The van der Waals surface area contributed by atoms with Crippen molar-refractivity contribution in [3.8, 4) is 5.75 Å². The van der Waals surface area contributed by atoms with Crippen molar-refractivity contribution in [3.05, 3.63) is 57.6 Å². The van der Waals surface area contributed by atoms with Crippen LogP contribution in [0.3, 0.4) is 0 Å². The largest absolute Gasteiger partial charge is 0.497 e. The zero-order chi connectivity index (χ0) is 21.3. The number of hydrogen-bond donors (Lipinski definition) is 1. The Labute approximate surface area is 188 Å². The van der Waals surface area contributed by atoms with Gasteiger partial charge in [0.1, 0.15) is 11.6 Å². The summed E-state index contributed by atoms with van der Waals surface area (Å²) in [5.74, 6) is 1.39. The summed E-state index contributed by atoms with van der Waals surface area (Å²) in [5, 5.41) is 0. The number of halogens is 1. The van der Waals surface area contributed by atoms with Crippen LogP contribution in [0, 0.1) is 6.92 Å². The number of piperazine rings is 1. The quantitative estimate of drug-likeness (QED) is 0.515. The van der Waals surface area contributed by atoms with E-state index in [1.165, 1.54) is 25.1 Å². The maximum absolute atomic E-state index is 6.51. The molecule has 0 bridgehead atoms. The Bertz CT molecular complexity index is 945. The summed E-state index contributed by atoms with van der Waals surface area (Å²) in [6, 6.07) is 13.3. The molecule has 160 valence electrons. The number of rotatable bonds is 5. The third kappa shape index (κ3) is 4.49. The van der Waals surface area contributed by atoms with Crippen LogP contribution in [-0.2, 0) is 0 Å².